The lowest BCUT2D eigenvalue weighted by molar-refractivity contribution is 0.243. The van der Waals surface area contributed by atoms with Crippen LogP contribution in [0.5, 0.6) is 0 Å². The van der Waals surface area contributed by atoms with E-state index < -0.39 is 10.0 Å². The highest BCUT2D eigenvalue weighted by Gasteiger charge is 2.31. The van der Waals surface area contributed by atoms with E-state index in [0.29, 0.717) is 28.7 Å². The fraction of sp³-hybridized carbons (Fsp3) is 0.571. The number of nitrogens with zero attached hydrogens (tertiary/aromatic N) is 1. The van der Waals surface area contributed by atoms with Crippen LogP contribution in [0.4, 0.5) is 0 Å². The maximum Gasteiger partial charge on any atom is 0.218 e. The molecule has 1 fully saturated rings. The van der Waals surface area contributed by atoms with Crippen LogP contribution >= 0.6 is 23.2 Å². The van der Waals surface area contributed by atoms with E-state index in [1.165, 1.54) is 4.31 Å². The third-order valence-corrected chi connectivity index (χ3v) is 6.43. The van der Waals surface area contributed by atoms with Gasteiger partial charge in [0.15, 0.2) is 0 Å². The highest BCUT2D eigenvalue weighted by molar-refractivity contribution is 7.88. The third kappa shape index (κ3) is 4.11. The molecule has 0 saturated carbocycles. The Hall–Kier alpha value is -0.330. The summed E-state index contributed by atoms with van der Waals surface area (Å²) in [5.41, 5.74) is 6.37. The van der Waals surface area contributed by atoms with Gasteiger partial charge in [0, 0.05) is 34.7 Å². The van der Waals surface area contributed by atoms with Crippen molar-refractivity contribution in [3.05, 3.63) is 33.8 Å². The summed E-state index contributed by atoms with van der Waals surface area (Å²) in [6.07, 6.45) is 1.80. The van der Waals surface area contributed by atoms with Crippen LogP contribution in [0.2, 0.25) is 10.0 Å². The van der Waals surface area contributed by atoms with Gasteiger partial charge in [-0.2, -0.15) is 0 Å². The fourth-order valence-corrected chi connectivity index (χ4v) is 4.97. The van der Waals surface area contributed by atoms with E-state index in [2.05, 4.69) is 0 Å². The summed E-state index contributed by atoms with van der Waals surface area (Å²) < 4.78 is 26.7. The number of benzene rings is 1. The van der Waals surface area contributed by atoms with Gasteiger partial charge in [-0.05, 0) is 37.8 Å². The zero-order valence-corrected chi connectivity index (χ0v) is 14.3. The first kappa shape index (κ1) is 17.0. The van der Waals surface area contributed by atoms with Crippen molar-refractivity contribution < 1.29 is 8.42 Å². The fourth-order valence-electron chi connectivity index (χ4n) is 2.60. The van der Waals surface area contributed by atoms with Crippen LogP contribution in [-0.4, -0.2) is 31.9 Å². The highest BCUT2D eigenvalue weighted by Crippen LogP contribution is 2.29. The summed E-state index contributed by atoms with van der Waals surface area (Å²) in [5, 5.41) is 0.763. The van der Waals surface area contributed by atoms with Gasteiger partial charge in [0.1, 0.15) is 0 Å². The van der Waals surface area contributed by atoms with Crippen LogP contribution in [0, 0.1) is 5.92 Å². The summed E-state index contributed by atoms with van der Waals surface area (Å²) in [5.74, 6) is 0.0345. The van der Waals surface area contributed by atoms with Crippen molar-refractivity contribution in [2.24, 2.45) is 11.7 Å². The molecule has 1 heterocycles. The van der Waals surface area contributed by atoms with Crippen molar-refractivity contribution in [2.45, 2.75) is 31.6 Å². The SMILES string of the molecule is CC(N)C1CCCN(S(=O)(=O)Cc2c(Cl)cccc2Cl)C1. The van der Waals surface area contributed by atoms with E-state index in [1.54, 1.807) is 18.2 Å². The molecule has 2 atom stereocenters. The Morgan fingerprint density at radius 1 is 1.38 bits per heavy atom. The Balaban J connectivity index is 2.18. The van der Waals surface area contributed by atoms with E-state index in [0.717, 1.165) is 12.8 Å². The van der Waals surface area contributed by atoms with Gasteiger partial charge in [0.05, 0.1) is 5.75 Å². The van der Waals surface area contributed by atoms with E-state index in [-0.39, 0.29) is 17.7 Å². The van der Waals surface area contributed by atoms with E-state index in [9.17, 15) is 8.42 Å². The monoisotopic (exact) mass is 350 g/mol. The molecule has 21 heavy (non-hydrogen) atoms. The number of piperidine rings is 1. The van der Waals surface area contributed by atoms with E-state index in [4.69, 9.17) is 28.9 Å². The minimum Gasteiger partial charge on any atom is -0.328 e. The Labute approximate surface area is 136 Å². The highest BCUT2D eigenvalue weighted by atomic mass is 35.5. The molecule has 0 radical (unpaired) electrons. The molecule has 7 heteroatoms. The molecule has 4 nitrogen and oxygen atoms in total. The number of hydrogen-bond acceptors (Lipinski definition) is 3. The minimum atomic E-state index is -3.44. The lowest BCUT2D eigenvalue weighted by Gasteiger charge is -2.33. The van der Waals surface area contributed by atoms with Crippen LogP contribution < -0.4 is 5.73 Å². The third-order valence-electron chi connectivity index (χ3n) is 3.95. The zero-order valence-electron chi connectivity index (χ0n) is 11.9. The van der Waals surface area contributed by atoms with Crippen molar-refractivity contribution in [2.75, 3.05) is 13.1 Å². The molecule has 0 spiro atoms. The van der Waals surface area contributed by atoms with Crippen LogP contribution in [-0.2, 0) is 15.8 Å². The van der Waals surface area contributed by atoms with Crippen molar-refractivity contribution in [3.63, 3.8) is 0 Å². The van der Waals surface area contributed by atoms with Crippen molar-refractivity contribution in [1.29, 1.82) is 0 Å². The molecule has 0 bridgehead atoms. The number of halogens is 2. The molecule has 1 aliphatic rings. The largest absolute Gasteiger partial charge is 0.328 e. The molecule has 1 aromatic rings. The first-order chi connectivity index (χ1) is 9.81. The van der Waals surface area contributed by atoms with Crippen LogP contribution in [0.1, 0.15) is 25.3 Å². The molecule has 0 amide bonds. The van der Waals surface area contributed by atoms with Gasteiger partial charge in [0.2, 0.25) is 10.0 Å². The van der Waals surface area contributed by atoms with Crippen LogP contribution in [0.15, 0.2) is 18.2 Å². The van der Waals surface area contributed by atoms with Gasteiger partial charge < -0.3 is 5.73 Å². The predicted molar refractivity (Wildman–Crippen MR) is 87.0 cm³/mol. The molecule has 118 valence electrons. The summed E-state index contributed by atoms with van der Waals surface area (Å²) in [4.78, 5) is 0. The van der Waals surface area contributed by atoms with Gasteiger partial charge in [-0.1, -0.05) is 29.3 Å². The lowest BCUT2D eigenvalue weighted by atomic mass is 9.93. The Morgan fingerprint density at radius 2 is 2.00 bits per heavy atom. The normalized spacial score (nSPS) is 22.2. The van der Waals surface area contributed by atoms with Gasteiger partial charge in [-0.3, -0.25) is 0 Å². The van der Waals surface area contributed by atoms with Gasteiger partial charge in [-0.25, -0.2) is 12.7 Å². The van der Waals surface area contributed by atoms with Gasteiger partial charge in [-0.15, -0.1) is 0 Å². The smallest absolute Gasteiger partial charge is 0.218 e. The maximum atomic E-state index is 12.6. The number of sulfonamides is 1. The minimum absolute atomic E-state index is 0.00750. The Kier molecular flexibility index (Phi) is 5.54. The summed E-state index contributed by atoms with van der Waals surface area (Å²) in [7, 11) is -3.44. The Morgan fingerprint density at radius 3 is 2.57 bits per heavy atom. The second-order valence-corrected chi connectivity index (χ2v) is 8.36. The second kappa shape index (κ2) is 6.84. The lowest BCUT2D eigenvalue weighted by Crippen LogP contribution is -2.45. The quantitative estimate of drug-likeness (QED) is 0.907. The first-order valence-corrected chi connectivity index (χ1v) is 9.34. The topological polar surface area (TPSA) is 63.4 Å². The average Bonchev–Trinajstić information content (AvgIpc) is 2.43. The predicted octanol–water partition coefficient (Wildman–Crippen LogP) is 2.88. The molecule has 1 aliphatic heterocycles. The van der Waals surface area contributed by atoms with Crippen molar-refractivity contribution in [3.8, 4) is 0 Å². The van der Waals surface area contributed by atoms with Crippen molar-refractivity contribution >= 4 is 33.2 Å². The van der Waals surface area contributed by atoms with Crippen LogP contribution in [0.25, 0.3) is 0 Å². The molecule has 0 aromatic heterocycles. The molecule has 1 aromatic carbocycles. The van der Waals surface area contributed by atoms with Crippen LogP contribution in [0.3, 0.4) is 0 Å². The molecule has 0 aliphatic carbocycles. The number of rotatable bonds is 4. The summed E-state index contributed by atoms with van der Waals surface area (Å²) in [6.45, 7) is 2.93. The summed E-state index contributed by atoms with van der Waals surface area (Å²) in [6, 6.07) is 5.00. The van der Waals surface area contributed by atoms with E-state index in [1.807, 2.05) is 6.92 Å². The molecule has 2 N–H and O–H groups in total. The second-order valence-electron chi connectivity index (χ2n) is 5.58. The van der Waals surface area contributed by atoms with Gasteiger partial charge in [0.25, 0.3) is 0 Å². The first-order valence-electron chi connectivity index (χ1n) is 6.97. The van der Waals surface area contributed by atoms with Gasteiger partial charge >= 0.3 is 0 Å². The maximum absolute atomic E-state index is 12.6. The zero-order chi connectivity index (χ0) is 15.6. The standard InChI is InChI=1S/C14H20Cl2N2O2S/c1-10(17)11-4-3-7-18(8-11)21(19,20)9-12-13(15)5-2-6-14(12)16/h2,5-6,10-11H,3-4,7-9,17H2,1H3. The molecule has 1 saturated heterocycles. The number of hydrogen-bond donors (Lipinski definition) is 1. The molecule has 2 rings (SSSR count). The average molecular weight is 351 g/mol. The van der Waals surface area contributed by atoms with Crippen molar-refractivity contribution in [1.82, 2.24) is 4.31 Å². The molecular formula is C14H20Cl2N2O2S. The number of nitrogens with two attached hydrogens (primary N) is 1. The summed E-state index contributed by atoms with van der Waals surface area (Å²) >= 11 is 12.1. The Bertz CT molecular complexity index is 585. The molecular weight excluding hydrogens is 331 g/mol. The molecule has 2 unspecified atom stereocenters. The van der Waals surface area contributed by atoms with E-state index >= 15 is 0 Å².